The van der Waals surface area contributed by atoms with Crippen LogP contribution in [0.4, 0.5) is 0 Å². The summed E-state index contributed by atoms with van der Waals surface area (Å²) in [6, 6.07) is 0. The fourth-order valence-corrected chi connectivity index (χ4v) is 0.722. The zero-order valence-electron chi connectivity index (χ0n) is 4.80. The molecule has 0 aromatic rings. The lowest BCUT2D eigenvalue weighted by atomic mass is 10.4. The van der Waals surface area contributed by atoms with Crippen molar-refractivity contribution in [3.05, 3.63) is 0 Å². The van der Waals surface area contributed by atoms with Gasteiger partial charge in [-0.25, -0.2) is 0 Å². The van der Waals surface area contributed by atoms with E-state index in [1.165, 1.54) is 25.9 Å². The third-order valence-electron chi connectivity index (χ3n) is 1.07. The maximum absolute atomic E-state index is 8.25. The molecule has 0 aliphatic carbocycles. The third-order valence-corrected chi connectivity index (χ3v) is 1.07. The molecule has 0 aromatic carbocycles. The smallest absolute Gasteiger partial charge is 0.0757 e. The predicted molar refractivity (Wildman–Crippen MR) is 27.0 cm³/mol. The highest BCUT2D eigenvalue weighted by atomic mass is 16.3. The first kappa shape index (κ1) is 7.43. The second-order valence-electron chi connectivity index (χ2n) is 1.67. The standard InChI is InChI=1S/C4H9N.CH2O2/c1-2-4-5-3-1;2-1-3/h5H,1-4H2;1H,(H,2,3). The highest BCUT2D eigenvalue weighted by Gasteiger charge is 1.97. The summed E-state index contributed by atoms with van der Waals surface area (Å²) in [5.74, 6) is 0. The molecular formula is C5H11NO2. The number of hydrogen-bond acceptors (Lipinski definition) is 2. The average molecular weight is 117 g/mol. The van der Waals surface area contributed by atoms with E-state index in [-0.39, 0.29) is 0 Å². The van der Waals surface area contributed by atoms with Crippen molar-refractivity contribution in [1.82, 2.24) is 0 Å². The fourth-order valence-electron chi connectivity index (χ4n) is 0.722. The minimum Gasteiger partial charge on any atom is -0.554 e. The monoisotopic (exact) mass is 117 g/mol. The highest BCUT2D eigenvalue weighted by Crippen LogP contribution is 1.82. The second-order valence-corrected chi connectivity index (χ2v) is 1.67. The molecule has 2 N–H and O–H groups in total. The van der Waals surface area contributed by atoms with Crippen LogP contribution in [-0.2, 0) is 4.79 Å². The van der Waals surface area contributed by atoms with Crippen molar-refractivity contribution in [3.8, 4) is 0 Å². The minimum atomic E-state index is -0.500. The Morgan fingerprint density at radius 2 is 1.75 bits per heavy atom. The van der Waals surface area contributed by atoms with Gasteiger partial charge in [-0.05, 0) is 0 Å². The number of quaternary nitrogens is 1. The molecule has 1 heterocycles. The molecule has 3 heteroatoms. The molecule has 0 atom stereocenters. The van der Waals surface area contributed by atoms with Crippen LogP contribution in [0.2, 0.25) is 0 Å². The topological polar surface area (TPSA) is 56.7 Å². The van der Waals surface area contributed by atoms with Gasteiger partial charge in [-0.1, -0.05) is 0 Å². The van der Waals surface area contributed by atoms with Crippen molar-refractivity contribution >= 4 is 6.47 Å². The number of carbonyl (C=O) groups excluding carboxylic acids is 1. The van der Waals surface area contributed by atoms with Crippen LogP contribution in [0, 0.1) is 0 Å². The van der Waals surface area contributed by atoms with E-state index in [9.17, 15) is 0 Å². The van der Waals surface area contributed by atoms with Crippen LogP contribution in [-0.4, -0.2) is 19.6 Å². The first-order valence-corrected chi connectivity index (χ1v) is 2.79. The summed E-state index contributed by atoms with van der Waals surface area (Å²) in [6.45, 7) is 2.25. The lowest BCUT2D eigenvalue weighted by molar-refractivity contribution is -0.635. The Labute approximate surface area is 48.7 Å². The van der Waals surface area contributed by atoms with Gasteiger partial charge < -0.3 is 15.2 Å². The van der Waals surface area contributed by atoms with Gasteiger partial charge in [-0.2, -0.15) is 0 Å². The number of hydrogen-bond donors (Lipinski definition) is 1. The van der Waals surface area contributed by atoms with Gasteiger partial charge in [0.1, 0.15) is 0 Å². The van der Waals surface area contributed by atoms with E-state index < -0.39 is 6.47 Å². The molecule has 1 saturated heterocycles. The molecular weight excluding hydrogens is 106 g/mol. The Bertz CT molecular complexity index is 44.8. The summed E-state index contributed by atoms with van der Waals surface area (Å²) in [5, 5.41) is 10.6. The highest BCUT2D eigenvalue weighted by molar-refractivity contribution is 5.29. The molecule has 0 unspecified atom stereocenters. The van der Waals surface area contributed by atoms with Gasteiger partial charge in [0.2, 0.25) is 0 Å². The number of carboxylic acid groups (broad SMARTS) is 1. The van der Waals surface area contributed by atoms with Crippen molar-refractivity contribution in [3.63, 3.8) is 0 Å². The largest absolute Gasteiger partial charge is 0.554 e. The molecule has 0 spiro atoms. The first-order chi connectivity index (χ1) is 3.91. The molecule has 1 fully saturated rings. The Morgan fingerprint density at radius 1 is 1.38 bits per heavy atom. The van der Waals surface area contributed by atoms with Crippen LogP contribution < -0.4 is 10.4 Å². The third kappa shape index (κ3) is 5.43. The molecule has 0 saturated carbocycles. The maximum Gasteiger partial charge on any atom is 0.0757 e. The molecule has 0 aromatic heterocycles. The van der Waals surface area contributed by atoms with Crippen LogP contribution in [0.15, 0.2) is 0 Å². The zero-order valence-corrected chi connectivity index (χ0v) is 4.80. The van der Waals surface area contributed by atoms with E-state index >= 15 is 0 Å². The van der Waals surface area contributed by atoms with Gasteiger partial charge in [0.25, 0.3) is 0 Å². The molecule has 3 nitrogen and oxygen atoms in total. The van der Waals surface area contributed by atoms with Crippen molar-refractivity contribution in [2.24, 2.45) is 0 Å². The quantitative estimate of drug-likeness (QED) is 0.363. The minimum absolute atomic E-state index is 0.500. The molecule has 8 heavy (non-hydrogen) atoms. The van der Waals surface area contributed by atoms with Gasteiger partial charge >= 0.3 is 0 Å². The van der Waals surface area contributed by atoms with E-state index in [0.29, 0.717) is 0 Å². The van der Waals surface area contributed by atoms with Gasteiger partial charge in [0, 0.05) is 19.3 Å². The lowest BCUT2D eigenvalue weighted by Gasteiger charge is -1.73. The normalized spacial score (nSPS) is 16.5. The summed E-state index contributed by atoms with van der Waals surface area (Å²) in [7, 11) is 0. The van der Waals surface area contributed by atoms with Gasteiger partial charge in [0.15, 0.2) is 0 Å². The summed E-state index contributed by atoms with van der Waals surface area (Å²) >= 11 is 0. The Balaban J connectivity index is 0.000000145. The van der Waals surface area contributed by atoms with Crippen LogP contribution in [0.1, 0.15) is 12.8 Å². The molecule has 0 bridgehead atoms. The molecule has 1 rings (SSSR count). The fraction of sp³-hybridized carbons (Fsp3) is 0.800. The Hall–Kier alpha value is -0.570. The van der Waals surface area contributed by atoms with Crippen LogP contribution >= 0.6 is 0 Å². The number of carbonyl (C=O) groups is 1. The summed E-state index contributed by atoms with van der Waals surface area (Å²) in [4.78, 5) is 8.25. The van der Waals surface area contributed by atoms with Crippen LogP contribution in [0.5, 0.6) is 0 Å². The van der Waals surface area contributed by atoms with Gasteiger partial charge in [-0.15, -0.1) is 0 Å². The second kappa shape index (κ2) is 6.43. The van der Waals surface area contributed by atoms with Crippen LogP contribution in [0.25, 0.3) is 0 Å². The number of nitrogens with two attached hydrogens (primary N) is 1. The first-order valence-electron chi connectivity index (χ1n) is 2.79. The van der Waals surface area contributed by atoms with Gasteiger partial charge in [-0.3, -0.25) is 0 Å². The maximum atomic E-state index is 8.25. The summed E-state index contributed by atoms with van der Waals surface area (Å²) < 4.78 is 0. The Morgan fingerprint density at radius 3 is 1.88 bits per heavy atom. The molecule has 0 radical (unpaired) electrons. The van der Waals surface area contributed by atoms with Crippen molar-refractivity contribution in [1.29, 1.82) is 0 Å². The SMILES string of the molecule is C1CC[NH2+]C1.O=C[O-]. The average Bonchev–Trinajstić information content (AvgIpc) is 2.17. The summed E-state index contributed by atoms with van der Waals surface area (Å²) in [5.41, 5.74) is 0. The summed E-state index contributed by atoms with van der Waals surface area (Å²) in [6.07, 6.45) is 2.89. The van der Waals surface area contributed by atoms with E-state index in [1.54, 1.807) is 0 Å². The van der Waals surface area contributed by atoms with E-state index in [0.717, 1.165) is 0 Å². The predicted octanol–water partition coefficient (Wildman–Crippen LogP) is -2.29. The van der Waals surface area contributed by atoms with E-state index in [4.69, 9.17) is 9.90 Å². The van der Waals surface area contributed by atoms with E-state index in [2.05, 4.69) is 5.32 Å². The van der Waals surface area contributed by atoms with Crippen molar-refractivity contribution in [2.75, 3.05) is 13.1 Å². The van der Waals surface area contributed by atoms with Crippen molar-refractivity contribution in [2.45, 2.75) is 12.8 Å². The van der Waals surface area contributed by atoms with Crippen LogP contribution in [0.3, 0.4) is 0 Å². The Kier molecular flexibility index (Phi) is 5.97. The zero-order chi connectivity index (χ0) is 6.24. The lowest BCUT2D eigenvalue weighted by Crippen LogP contribution is -2.80. The van der Waals surface area contributed by atoms with Crippen molar-refractivity contribution < 1.29 is 15.2 Å². The number of rotatable bonds is 0. The molecule has 1 aliphatic rings. The molecule has 48 valence electrons. The molecule has 0 amide bonds. The molecule has 1 aliphatic heterocycles. The van der Waals surface area contributed by atoms with Gasteiger partial charge in [0.05, 0.1) is 13.1 Å². The van der Waals surface area contributed by atoms with E-state index in [1.807, 2.05) is 0 Å².